The molecule has 0 spiro atoms. The number of unbranched alkanes of at least 4 members (excludes halogenated alkanes) is 45. The highest BCUT2D eigenvalue weighted by atomic mass is 16.5. The molecule has 0 aliphatic heterocycles. The highest BCUT2D eigenvalue weighted by molar-refractivity contribution is 5.76. The van der Waals surface area contributed by atoms with Crippen LogP contribution in [-0.2, 0) is 14.3 Å². The van der Waals surface area contributed by atoms with Gasteiger partial charge in [-0.05, 0) is 89.9 Å². The number of hydrogen-bond donors (Lipinski definition) is 3. The van der Waals surface area contributed by atoms with Gasteiger partial charge in [0.05, 0.1) is 25.4 Å². The lowest BCUT2D eigenvalue weighted by Crippen LogP contribution is -2.45. The summed E-state index contributed by atoms with van der Waals surface area (Å²) in [6.07, 6.45) is 83.1. The first kappa shape index (κ1) is 72.8. The number of nitrogens with one attached hydrogen (secondary N) is 1. The van der Waals surface area contributed by atoms with Crippen LogP contribution in [0.15, 0.2) is 48.6 Å². The summed E-state index contributed by atoms with van der Waals surface area (Å²) in [5.74, 6) is -0.0702. The van der Waals surface area contributed by atoms with Gasteiger partial charge in [0.2, 0.25) is 5.91 Å². The number of amides is 1. The number of hydrogen-bond acceptors (Lipinski definition) is 5. The normalized spacial score (nSPS) is 12.9. The second-order valence-electron chi connectivity index (χ2n) is 22.8. The van der Waals surface area contributed by atoms with Crippen molar-refractivity contribution in [1.29, 1.82) is 0 Å². The number of aliphatic hydroxyl groups excluding tert-OH is 2. The summed E-state index contributed by atoms with van der Waals surface area (Å²) in [4.78, 5) is 24.6. The number of rotatable bonds is 62. The first-order chi connectivity index (χ1) is 37.0. The molecule has 0 saturated carbocycles. The number of aliphatic hydroxyl groups is 2. The SMILES string of the molecule is CCCCC/C=C\C/C=C\CCCCCCCC(=O)OCCCCCCCCCCCCCC/C=C\CCCCCCCCCCCC(=O)NC(CO)C(O)/C=C/CCCCCCCCCCCCCCCCCC. The summed E-state index contributed by atoms with van der Waals surface area (Å²) in [5, 5.41) is 23.2. The molecule has 2 unspecified atom stereocenters. The van der Waals surface area contributed by atoms with Crippen LogP contribution in [0.5, 0.6) is 0 Å². The fourth-order valence-electron chi connectivity index (χ4n) is 10.2. The Labute approximate surface area is 467 Å². The number of carbonyl (C=O) groups is 2. The van der Waals surface area contributed by atoms with Crippen molar-refractivity contribution >= 4 is 11.9 Å². The van der Waals surface area contributed by atoms with Crippen molar-refractivity contribution in [2.45, 2.75) is 366 Å². The third kappa shape index (κ3) is 60.9. The highest BCUT2D eigenvalue weighted by Gasteiger charge is 2.18. The van der Waals surface area contributed by atoms with Gasteiger partial charge >= 0.3 is 5.97 Å². The summed E-state index contributed by atoms with van der Waals surface area (Å²) in [6, 6.07) is -0.631. The van der Waals surface area contributed by atoms with Crippen molar-refractivity contribution in [3.05, 3.63) is 48.6 Å². The van der Waals surface area contributed by atoms with Crippen molar-refractivity contribution in [2.24, 2.45) is 0 Å². The van der Waals surface area contributed by atoms with E-state index in [0.29, 0.717) is 19.4 Å². The molecule has 0 rings (SSSR count). The van der Waals surface area contributed by atoms with Gasteiger partial charge in [-0.2, -0.15) is 0 Å². The van der Waals surface area contributed by atoms with E-state index in [0.717, 1.165) is 51.4 Å². The maximum Gasteiger partial charge on any atom is 0.305 e. The van der Waals surface area contributed by atoms with E-state index in [9.17, 15) is 19.8 Å². The van der Waals surface area contributed by atoms with E-state index in [4.69, 9.17) is 4.74 Å². The largest absolute Gasteiger partial charge is 0.466 e. The van der Waals surface area contributed by atoms with Crippen LogP contribution in [0.2, 0.25) is 0 Å². The van der Waals surface area contributed by atoms with E-state index in [1.54, 1.807) is 6.08 Å². The molecule has 3 N–H and O–H groups in total. The van der Waals surface area contributed by atoms with Crippen LogP contribution in [0.25, 0.3) is 0 Å². The molecule has 0 saturated heterocycles. The summed E-state index contributed by atoms with van der Waals surface area (Å²) in [7, 11) is 0. The van der Waals surface area contributed by atoms with E-state index < -0.39 is 12.1 Å². The minimum absolute atomic E-state index is 0.00105. The Morgan fingerprint density at radius 2 is 0.667 bits per heavy atom. The molecule has 6 nitrogen and oxygen atoms in total. The van der Waals surface area contributed by atoms with Crippen molar-refractivity contribution in [1.82, 2.24) is 5.32 Å². The van der Waals surface area contributed by atoms with E-state index in [1.807, 2.05) is 6.08 Å². The van der Waals surface area contributed by atoms with Crippen molar-refractivity contribution < 1.29 is 24.5 Å². The van der Waals surface area contributed by atoms with Crippen LogP contribution < -0.4 is 5.32 Å². The molecule has 75 heavy (non-hydrogen) atoms. The topological polar surface area (TPSA) is 95.9 Å². The van der Waals surface area contributed by atoms with Gasteiger partial charge in [0.25, 0.3) is 0 Å². The maximum absolute atomic E-state index is 12.5. The Kier molecular flexibility index (Phi) is 62.5. The number of carbonyl (C=O) groups excluding carboxylic acids is 2. The maximum atomic E-state index is 12.5. The number of ether oxygens (including phenoxy) is 1. The van der Waals surface area contributed by atoms with Crippen LogP contribution in [0.4, 0.5) is 0 Å². The predicted octanol–water partition coefficient (Wildman–Crippen LogP) is 21.3. The van der Waals surface area contributed by atoms with Crippen LogP contribution >= 0.6 is 0 Å². The van der Waals surface area contributed by atoms with Crippen LogP contribution in [-0.4, -0.2) is 47.4 Å². The van der Waals surface area contributed by atoms with Crippen LogP contribution in [0.1, 0.15) is 354 Å². The standard InChI is InChI=1S/C69H129NO5/c1-3-5-7-9-11-13-15-17-19-20-30-34-37-41-45-49-53-57-61-67(72)66(65-71)70-68(73)62-58-54-50-46-42-38-35-31-28-26-24-22-21-23-25-27-29-32-36-40-44-48-52-56-60-64-75-69(74)63-59-55-51-47-43-39-33-18-16-14-12-10-8-6-4-2/h12,14,18,22,24,33,57,61,66-67,71-72H,3-11,13,15-17,19-21,23,25-32,34-56,58-60,62-65H2,1-2H3,(H,70,73)/b14-12-,24-22-,33-18-,61-57+. The Balaban J connectivity index is 3.43. The van der Waals surface area contributed by atoms with Crippen LogP contribution in [0.3, 0.4) is 0 Å². The second kappa shape index (κ2) is 64.3. The van der Waals surface area contributed by atoms with E-state index in [-0.39, 0.29) is 18.5 Å². The minimum Gasteiger partial charge on any atom is -0.466 e. The minimum atomic E-state index is -0.848. The summed E-state index contributed by atoms with van der Waals surface area (Å²) in [5.41, 5.74) is 0. The first-order valence-corrected chi connectivity index (χ1v) is 33.4. The van der Waals surface area contributed by atoms with Crippen molar-refractivity contribution in [2.75, 3.05) is 13.2 Å². The molecule has 0 bridgehead atoms. The molecule has 2 atom stereocenters. The predicted molar refractivity (Wildman–Crippen MR) is 329 cm³/mol. The van der Waals surface area contributed by atoms with Crippen molar-refractivity contribution in [3.8, 4) is 0 Å². The Morgan fingerprint density at radius 3 is 1.05 bits per heavy atom. The Bertz CT molecular complexity index is 1260. The lowest BCUT2D eigenvalue weighted by molar-refractivity contribution is -0.143. The fraction of sp³-hybridized carbons (Fsp3) is 0.855. The molecule has 0 aromatic carbocycles. The third-order valence-corrected chi connectivity index (χ3v) is 15.3. The molecular formula is C69H129NO5. The molecule has 0 aliphatic carbocycles. The van der Waals surface area contributed by atoms with Gasteiger partial charge in [-0.3, -0.25) is 9.59 Å². The zero-order chi connectivity index (χ0) is 54.3. The van der Waals surface area contributed by atoms with Crippen molar-refractivity contribution in [3.63, 3.8) is 0 Å². The van der Waals surface area contributed by atoms with Crippen LogP contribution in [0, 0.1) is 0 Å². The second-order valence-corrected chi connectivity index (χ2v) is 22.8. The van der Waals surface area contributed by atoms with Gasteiger partial charge in [-0.15, -0.1) is 0 Å². The Hall–Kier alpha value is -2.18. The molecule has 1 amide bonds. The lowest BCUT2D eigenvalue weighted by Gasteiger charge is -2.20. The fourth-order valence-corrected chi connectivity index (χ4v) is 10.2. The van der Waals surface area contributed by atoms with E-state index in [1.165, 1.54) is 276 Å². The number of esters is 1. The van der Waals surface area contributed by atoms with E-state index >= 15 is 0 Å². The third-order valence-electron chi connectivity index (χ3n) is 15.3. The van der Waals surface area contributed by atoms with E-state index in [2.05, 4.69) is 55.6 Å². The van der Waals surface area contributed by atoms with Gasteiger partial charge in [-0.1, -0.05) is 300 Å². The zero-order valence-electron chi connectivity index (χ0n) is 50.3. The average molecular weight is 1050 g/mol. The van der Waals surface area contributed by atoms with Gasteiger partial charge in [-0.25, -0.2) is 0 Å². The lowest BCUT2D eigenvalue weighted by atomic mass is 10.0. The zero-order valence-corrected chi connectivity index (χ0v) is 50.3. The average Bonchev–Trinajstić information content (AvgIpc) is 3.41. The molecule has 6 heteroatoms. The Morgan fingerprint density at radius 1 is 0.373 bits per heavy atom. The molecule has 0 heterocycles. The van der Waals surface area contributed by atoms with Gasteiger partial charge < -0.3 is 20.3 Å². The monoisotopic (exact) mass is 1050 g/mol. The summed E-state index contributed by atoms with van der Waals surface area (Å²) >= 11 is 0. The van der Waals surface area contributed by atoms with Gasteiger partial charge in [0, 0.05) is 12.8 Å². The molecule has 0 aromatic rings. The van der Waals surface area contributed by atoms with Gasteiger partial charge in [0.1, 0.15) is 0 Å². The quantitative estimate of drug-likeness (QED) is 0.0320. The molecule has 0 aromatic heterocycles. The summed E-state index contributed by atoms with van der Waals surface area (Å²) in [6.45, 7) is 4.89. The first-order valence-electron chi connectivity index (χ1n) is 33.4. The smallest absolute Gasteiger partial charge is 0.305 e. The molecule has 0 fully saturated rings. The highest BCUT2D eigenvalue weighted by Crippen LogP contribution is 2.17. The number of allylic oxidation sites excluding steroid dienone is 7. The molecule has 440 valence electrons. The summed E-state index contributed by atoms with van der Waals surface area (Å²) < 4.78 is 5.48. The molecule has 0 radical (unpaired) electrons. The van der Waals surface area contributed by atoms with Gasteiger partial charge in [0.15, 0.2) is 0 Å². The molecule has 0 aliphatic rings. The molecular weight excluding hydrogens is 923 g/mol.